The predicted octanol–water partition coefficient (Wildman–Crippen LogP) is 3.23. The summed E-state index contributed by atoms with van der Waals surface area (Å²) in [6.07, 6.45) is 2.60. The molecule has 25 heavy (non-hydrogen) atoms. The smallest absolute Gasteiger partial charge is 0.261 e. The molecular formula is C19H22N4OS. The van der Waals surface area contributed by atoms with Crippen LogP contribution in [0.25, 0.3) is 10.6 Å². The summed E-state index contributed by atoms with van der Waals surface area (Å²) in [5, 5.41) is 10.5. The minimum atomic E-state index is -0.0385. The molecule has 2 aromatic heterocycles. The number of rotatable bonds is 7. The van der Waals surface area contributed by atoms with E-state index in [1.165, 1.54) is 11.3 Å². The third-order valence-corrected chi connectivity index (χ3v) is 5.20. The van der Waals surface area contributed by atoms with Gasteiger partial charge in [0.2, 0.25) is 0 Å². The number of aryl methyl sites for hydroxylation is 1. The molecule has 3 aromatic rings. The third-order valence-electron chi connectivity index (χ3n) is 4.09. The first-order chi connectivity index (χ1) is 12.2. The van der Waals surface area contributed by atoms with E-state index in [1.54, 1.807) is 6.20 Å². The van der Waals surface area contributed by atoms with Gasteiger partial charge in [-0.1, -0.05) is 30.3 Å². The minimum Gasteiger partial charge on any atom is -0.344 e. The van der Waals surface area contributed by atoms with Crippen LogP contribution in [0.1, 0.15) is 27.7 Å². The standard InChI is InChI=1S/C19H22N4OS/c1-20-12-10-15(14-6-4-3-5-7-14)22-19(24)18-9-8-17(25-18)16-11-13-21-23(16)2/h3-9,11,13,15,20H,10,12H2,1-2H3,(H,22,24). The molecule has 2 heterocycles. The Morgan fingerprint density at radius 1 is 1.20 bits per heavy atom. The molecule has 1 aromatic carbocycles. The largest absolute Gasteiger partial charge is 0.344 e. The summed E-state index contributed by atoms with van der Waals surface area (Å²) in [6, 6.07) is 15.9. The quantitative estimate of drug-likeness (QED) is 0.685. The predicted molar refractivity (Wildman–Crippen MR) is 102 cm³/mol. The number of carbonyl (C=O) groups is 1. The molecule has 0 radical (unpaired) electrons. The topological polar surface area (TPSA) is 58.9 Å². The van der Waals surface area contributed by atoms with Crippen LogP contribution in [0.2, 0.25) is 0 Å². The number of hydrogen-bond acceptors (Lipinski definition) is 4. The fraction of sp³-hybridized carbons (Fsp3) is 0.263. The van der Waals surface area contributed by atoms with Crippen molar-refractivity contribution in [3.05, 3.63) is 65.2 Å². The van der Waals surface area contributed by atoms with Gasteiger partial charge in [-0.05, 0) is 43.8 Å². The van der Waals surface area contributed by atoms with Crippen molar-refractivity contribution in [3.8, 4) is 10.6 Å². The van der Waals surface area contributed by atoms with E-state index < -0.39 is 0 Å². The van der Waals surface area contributed by atoms with Gasteiger partial charge in [0, 0.05) is 13.2 Å². The number of thiophene rings is 1. The molecule has 0 fully saturated rings. The number of aromatic nitrogens is 2. The van der Waals surface area contributed by atoms with E-state index in [-0.39, 0.29) is 11.9 Å². The van der Waals surface area contributed by atoms with E-state index >= 15 is 0 Å². The van der Waals surface area contributed by atoms with Gasteiger partial charge in [-0.3, -0.25) is 9.48 Å². The molecule has 6 heteroatoms. The summed E-state index contributed by atoms with van der Waals surface area (Å²) in [7, 11) is 3.82. The van der Waals surface area contributed by atoms with Gasteiger partial charge in [0.25, 0.3) is 5.91 Å². The number of benzene rings is 1. The molecule has 1 amide bonds. The van der Waals surface area contributed by atoms with Gasteiger partial charge in [-0.2, -0.15) is 5.10 Å². The van der Waals surface area contributed by atoms with E-state index in [9.17, 15) is 4.79 Å². The Bertz CT molecular complexity index is 825. The summed E-state index contributed by atoms with van der Waals surface area (Å²) in [5.74, 6) is -0.0385. The monoisotopic (exact) mass is 354 g/mol. The van der Waals surface area contributed by atoms with Crippen LogP contribution in [-0.4, -0.2) is 29.3 Å². The van der Waals surface area contributed by atoms with E-state index in [4.69, 9.17) is 0 Å². The van der Waals surface area contributed by atoms with Crippen LogP contribution in [0.5, 0.6) is 0 Å². The van der Waals surface area contributed by atoms with E-state index in [0.29, 0.717) is 4.88 Å². The second kappa shape index (κ2) is 8.09. The first kappa shape index (κ1) is 17.4. The Kier molecular flexibility index (Phi) is 5.63. The van der Waals surface area contributed by atoms with Crippen molar-refractivity contribution < 1.29 is 4.79 Å². The fourth-order valence-electron chi connectivity index (χ4n) is 2.74. The van der Waals surface area contributed by atoms with Crippen LogP contribution in [-0.2, 0) is 7.05 Å². The normalized spacial score (nSPS) is 12.1. The minimum absolute atomic E-state index is 0.0107. The zero-order valence-corrected chi connectivity index (χ0v) is 15.2. The van der Waals surface area contributed by atoms with Crippen molar-refractivity contribution in [2.75, 3.05) is 13.6 Å². The van der Waals surface area contributed by atoms with Crippen LogP contribution in [0.3, 0.4) is 0 Å². The van der Waals surface area contributed by atoms with Gasteiger partial charge in [-0.25, -0.2) is 0 Å². The molecular weight excluding hydrogens is 332 g/mol. The molecule has 0 aliphatic rings. The zero-order chi connectivity index (χ0) is 17.6. The van der Waals surface area contributed by atoms with Crippen LogP contribution in [0, 0.1) is 0 Å². The number of amides is 1. The van der Waals surface area contributed by atoms with Gasteiger partial charge in [0.1, 0.15) is 0 Å². The lowest BCUT2D eigenvalue weighted by molar-refractivity contribution is 0.0939. The lowest BCUT2D eigenvalue weighted by Crippen LogP contribution is -2.30. The van der Waals surface area contributed by atoms with Gasteiger partial charge in [0.15, 0.2) is 0 Å². The van der Waals surface area contributed by atoms with Crippen LogP contribution >= 0.6 is 11.3 Å². The zero-order valence-electron chi connectivity index (χ0n) is 14.4. The van der Waals surface area contributed by atoms with Crippen molar-refractivity contribution in [2.24, 2.45) is 7.05 Å². The van der Waals surface area contributed by atoms with E-state index in [2.05, 4.69) is 27.9 Å². The lowest BCUT2D eigenvalue weighted by atomic mass is 10.0. The number of nitrogens with one attached hydrogen (secondary N) is 2. The van der Waals surface area contributed by atoms with Crippen LogP contribution in [0.15, 0.2) is 54.7 Å². The van der Waals surface area contributed by atoms with Crippen molar-refractivity contribution in [1.82, 2.24) is 20.4 Å². The lowest BCUT2D eigenvalue weighted by Gasteiger charge is -2.18. The second-order valence-electron chi connectivity index (χ2n) is 5.83. The molecule has 1 atom stereocenters. The van der Waals surface area contributed by atoms with Gasteiger partial charge in [-0.15, -0.1) is 11.3 Å². The SMILES string of the molecule is CNCCC(NC(=O)c1ccc(-c2ccnn2C)s1)c1ccccc1. The molecule has 1 unspecified atom stereocenters. The summed E-state index contributed by atoms with van der Waals surface area (Å²) in [5.41, 5.74) is 2.13. The Balaban J connectivity index is 1.75. The Labute approximate surface area is 151 Å². The maximum atomic E-state index is 12.7. The van der Waals surface area contributed by atoms with E-state index in [1.807, 2.05) is 55.2 Å². The highest BCUT2D eigenvalue weighted by Crippen LogP contribution is 2.28. The summed E-state index contributed by atoms with van der Waals surface area (Å²) in [4.78, 5) is 14.5. The molecule has 0 spiro atoms. The van der Waals surface area contributed by atoms with Crippen LogP contribution < -0.4 is 10.6 Å². The fourth-order valence-corrected chi connectivity index (χ4v) is 3.70. The highest BCUT2D eigenvalue weighted by atomic mass is 32.1. The van der Waals surface area contributed by atoms with Crippen molar-refractivity contribution in [1.29, 1.82) is 0 Å². The van der Waals surface area contributed by atoms with Gasteiger partial charge < -0.3 is 10.6 Å². The van der Waals surface area contributed by atoms with E-state index in [0.717, 1.165) is 29.1 Å². The van der Waals surface area contributed by atoms with Gasteiger partial charge in [0.05, 0.1) is 21.5 Å². The Morgan fingerprint density at radius 3 is 2.68 bits per heavy atom. The van der Waals surface area contributed by atoms with Crippen molar-refractivity contribution in [3.63, 3.8) is 0 Å². The molecule has 3 rings (SSSR count). The molecule has 0 saturated heterocycles. The summed E-state index contributed by atoms with van der Waals surface area (Å²) >= 11 is 1.49. The number of nitrogens with zero attached hydrogens (tertiary/aromatic N) is 2. The molecule has 0 aliphatic carbocycles. The van der Waals surface area contributed by atoms with Gasteiger partial charge >= 0.3 is 0 Å². The summed E-state index contributed by atoms with van der Waals surface area (Å²) < 4.78 is 1.81. The summed E-state index contributed by atoms with van der Waals surface area (Å²) in [6.45, 7) is 0.838. The average Bonchev–Trinajstić information content (AvgIpc) is 3.28. The molecule has 0 aliphatic heterocycles. The highest BCUT2D eigenvalue weighted by molar-refractivity contribution is 7.17. The Morgan fingerprint density at radius 2 is 2.00 bits per heavy atom. The van der Waals surface area contributed by atoms with Crippen molar-refractivity contribution >= 4 is 17.2 Å². The number of hydrogen-bond donors (Lipinski definition) is 2. The molecule has 0 bridgehead atoms. The molecule has 5 nitrogen and oxygen atoms in total. The maximum Gasteiger partial charge on any atom is 0.261 e. The maximum absolute atomic E-state index is 12.7. The van der Waals surface area contributed by atoms with Crippen molar-refractivity contribution in [2.45, 2.75) is 12.5 Å². The Hall–Kier alpha value is -2.44. The van der Waals surface area contributed by atoms with Crippen LogP contribution in [0.4, 0.5) is 0 Å². The first-order valence-electron chi connectivity index (χ1n) is 8.27. The highest BCUT2D eigenvalue weighted by Gasteiger charge is 2.17. The first-order valence-corrected chi connectivity index (χ1v) is 9.09. The average molecular weight is 354 g/mol. The molecule has 0 saturated carbocycles. The number of carbonyl (C=O) groups excluding carboxylic acids is 1. The molecule has 130 valence electrons. The molecule has 2 N–H and O–H groups in total. The third kappa shape index (κ3) is 4.15. The second-order valence-corrected chi connectivity index (χ2v) is 6.92.